The Labute approximate surface area is 84.4 Å². The fourth-order valence-corrected chi connectivity index (χ4v) is 0.836. The van der Waals surface area contributed by atoms with E-state index in [9.17, 15) is 9.59 Å². The summed E-state index contributed by atoms with van der Waals surface area (Å²) in [6, 6.07) is 0. The summed E-state index contributed by atoms with van der Waals surface area (Å²) >= 11 is 0. The van der Waals surface area contributed by atoms with E-state index in [-0.39, 0.29) is 17.0 Å². The molecular weight excluding hydrogens is 200 g/mol. The Hall–Kier alpha value is -2.44. The van der Waals surface area contributed by atoms with Gasteiger partial charge in [0.25, 0.3) is 5.91 Å². The van der Waals surface area contributed by atoms with Crippen LogP contribution in [0, 0.1) is 0 Å². The molecule has 0 unspecified atom stereocenters. The molecule has 1 rings (SSSR count). The number of primary amides is 1. The van der Waals surface area contributed by atoms with E-state index in [4.69, 9.17) is 16.6 Å². The summed E-state index contributed by atoms with van der Waals surface area (Å²) in [5.74, 6) is -2.01. The Morgan fingerprint density at radius 3 is 2.20 bits per heavy atom. The molecule has 1 amide bonds. The van der Waals surface area contributed by atoms with Crippen LogP contribution in [-0.2, 0) is 4.79 Å². The molecular formula is C8H8N4O3. The van der Waals surface area contributed by atoms with Gasteiger partial charge in [0.05, 0.1) is 5.56 Å². The zero-order chi connectivity index (χ0) is 11.4. The molecule has 15 heavy (non-hydrogen) atoms. The van der Waals surface area contributed by atoms with Gasteiger partial charge in [0.2, 0.25) is 0 Å². The lowest BCUT2D eigenvalue weighted by Gasteiger charge is -1.99. The first-order valence-electron chi connectivity index (χ1n) is 3.83. The first-order valence-corrected chi connectivity index (χ1v) is 3.83. The predicted octanol–water partition coefficient (Wildman–Crippen LogP) is -1.04. The van der Waals surface area contributed by atoms with Crippen LogP contribution in [0.4, 0.5) is 0 Å². The lowest BCUT2D eigenvalue weighted by atomic mass is 10.2. The van der Waals surface area contributed by atoms with Gasteiger partial charge in [0, 0.05) is 18.6 Å². The molecule has 0 fully saturated rings. The quantitative estimate of drug-likeness (QED) is 0.543. The van der Waals surface area contributed by atoms with Crippen molar-refractivity contribution in [3.63, 3.8) is 0 Å². The second-order valence-corrected chi connectivity index (χ2v) is 2.55. The first-order chi connectivity index (χ1) is 7.06. The highest BCUT2D eigenvalue weighted by Crippen LogP contribution is 2.07. The van der Waals surface area contributed by atoms with Crippen LogP contribution in [0.2, 0.25) is 0 Å². The van der Waals surface area contributed by atoms with Crippen molar-refractivity contribution in [3.05, 3.63) is 30.0 Å². The molecule has 1 aromatic rings. The van der Waals surface area contributed by atoms with E-state index in [1.165, 1.54) is 0 Å². The van der Waals surface area contributed by atoms with Crippen LogP contribution >= 0.6 is 0 Å². The maximum absolute atomic E-state index is 10.7. The van der Waals surface area contributed by atoms with Gasteiger partial charge >= 0.3 is 5.97 Å². The van der Waals surface area contributed by atoms with Crippen LogP contribution in [-0.4, -0.2) is 27.0 Å². The fraction of sp³-hybridized carbons (Fsp3) is 0. The van der Waals surface area contributed by atoms with Crippen LogP contribution in [0.3, 0.4) is 0 Å². The minimum Gasteiger partial charge on any atom is -0.477 e. The molecule has 0 radical (unpaired) electrons. The van der Waals surface area contributed by atoms with Crippen molar-refractivity contribution < 1.29 is 14.7 Å². The SMILES string of the molecule is N/C=C(/C(=O)O)c1ncc(C(N)=O)cn1. The smallest absolute Gasteiger partial charge is 0.341 e. The predicted molar refractivity (Wildman–Crippen MR) is 50.4 cm³/mol. The molecule has 0 spiro atoms. The molecule has 0 atom stereocenters. The van der Waals surface area contributed by atoms with Gasteiger partial charge in [-0.2, -0.15) is 0 Å². The van der Waals surface area contributed by atoms with E-state index < -0.39 is 11.9 Å². The summed E-state index contributed by atoms with van der Waals surface area (Å²) in [5, 5.41) is 8.69. The number of nitrogens with zero attached hydrogens (tertiary/aromatic N) is 2. The molecule has 0 bridgehead atoms. The van der Waals surface area contributed by atoms with Gasteiger partial charge < -0.3 is 16.6 Å². The van der Waals surface area contributed by atoms with Crippen molar-refractivity contribution in [2.24, 2.45) is 11.5 Å². The Kier molecular flexibility index (Phi) is 2.97. The van der Waals surface area contributed by atoms with Gasteiger partial charge in [-0.25, -0.2) is 14.8 Å². The number of amides is 1. The van der Waals surface area contributed by atoms with Crippen LogP contribution in [0.15, 0.2) is 18.6 Å². The number of nitrogens with two attached hydrogens (primary N) is 2. The Morgan fingerprint density at radius 2 is 1.87 bits per heavy atom. The van der Waals surface area contributed by atoms with Crippen molar-refractivity contribution in [2.45, 2.75) is 0 Å². The van der Waals surface area contributed by atoms with Gasteiger partial charge in [-0.1, -0.05) is 0 Å². The second kappa shape index (κ2) is 4.18. The highest BCUT2D eigenvalue weighted by molar-refractivity contribution is 6.13. The van der Waals surface area contributed by atoms with Crippen LogP contribution in [0.5, 0.6) is 0 Å². The molecule has 7 nitrogen and oxygen atoms in total. The standard InChI is InChI=1S/C8H8N4O3/c9-1-5(8(14)15)7-11-2-4(3-12-7)6(10)13/h1-3H,9H2,(H2,10,13)(H,14,15)/b5-1+. The third kappa shape index (κ3) is 2.27. The molecule has 78 valence electrons. The minimum absolute atomic E-state index is 0.0741. The summed E-state index contributed by atoms with van der Waals surface area (Å²) in [6.45, 7) is 0. The van der Waals surface area contributed by atoms with E-state index >= 15 is 0 Å². The molecule has 5 N–H and O–H groups in total. The van der Waals surface area contributed by atoms with Crippen molar-refractivity contribution in [2.75, 3.05) is 0 Å². The summed E-state index contributed by atoms with van der Waals surface area (Å²) < 4.78 is 0. The van der Waals surface area contributed by atoms with Crippen molar-refractivity contribution in [1.82, 2.24) is 9.97 Å². The summed E-state index contributed by atoms with van der Waals surface area (Å²) in [7, 11) is 0. The zero-order valence-corrected chi connectivity index (χ0v) is 7.54. The minimum atomic E-state index is -1.25. The average molecular weight is 208 g/mol. The van der Waals surface area contributed by atoms with Gasteiger partial charge in [0.1, 0.15) is 5.57 Å². The number of aliphatic carboxylic acids is 1. The number of rotatable bonds is 3. The maximum atomic E-state index is 10.7. The Morgan fingerprint density at radius 1 is 1.33 bits per heavy atom. The Balaban J connectivity index is 3.08. The third-order valence-corrected chi connectivity index (χ3v) is 1.57. The highest BCUT2D eigenvalue weighted by Gasteiger charge is 2.13. The van der Waals surface area contributed by atoms with Crippen LogP contribution in [0.25, 0.3) is 5.57 Å². The summed E-state index contributed by atoms with van der Waals surface area (Å²) in [6.07, 6.45) is 3.15. The van der Waals surface area contributed by atoms with Crippen LogP contribution < -0.4 is 11.5 Å². The number of hydrogen-bond donors (Lipinski definition) is 3. The lowest BCUT2D eigenvalue weighted by Crippen LogP contribution is -2.13. The first kappa shape index (κ1) is 10.6. The van der Waals surface area contributed by atoms with E-state index in [2.05, 4.69) is 9.97 Å². The summed E-state index contributed by atoms with van der Waals surface area (Å²) in [5.41, 5.74) is 9.90. The molecule has 1 aromatic heterocycles. The van der Waals surface area contributed by atoms with Gasteiger partial charge in [-0.3, -0.25) is 4.79 Å². The summed E-state index contributed by atoms with van der Waals surface area (Å²) in [4.78, 5) is 28.6. The highest BCUT2D eigenvalue weighted by atomic mass is 16.4. The van der Waals surface area contributed by atoms with E-state index in [1.54, 1.807) is 0 Å². The number of carboxylic acid groups (broad SMARTS) is 1. The second-order valence-electron chi connectivity index (χ2n) is 2.55. The van der Waals surface area contributed by atoms with Crippen molar-refractivity contribution >= 4 is 17.4 Å². The number of carbonyl (C=O) groups excluding carboxylic acids is 1. The van der Waals surface area contributed by atoms with Crippen LogP contribution in [0.1, 0.15) is 16.2 Å². The Bertz CT molecular complexity index is 424. The number of carbonyl (C=O) groups is 2. The molecule has 7 heteroatoms. The average Bonchev–Trinajstić information content (AvgIpc) is 2.19. The van der Waals surface area contributed by atoms with Gasteiger partial charge in [-0.15, -0.1) is 0 Å². The number of aromatic nitrogens is 2. The molecule has 0 aliphatic rings. The topological polar surface area (TPSA) is 132 Å². The number of hydrogen-bond acceptors (Lipinski definition) is 5. The number of carboxylic acids is 1. The maximum Gasteiger partial charge on any atom is 0.341 e. The monoisotopic (exact) mass is 208 g/mol. The molecule has 0 aliphatic carbocycles. The van der Waals surface area contributed by atoms with Crippen molar-refractivity contribution in [1.29, 1.82) is 0 Å². The largest absolute Gasteiger partial charge is 0.477 e. The molecule has 0 aliphatic heterocycles. The van der Waals surface area contributed by atoms with Gasteiger partial charge in [0.15, 0.2) is 5.82 Å². The molecule has 0 aromatic carbocycles. The zero-order valence-electron chi connectivity index (χ0n) is 7.54. The molecule has 0 saturated heterocycles. The van der Waals surface area contributed by atoms with E-state index in [0.29, 0.717) is 0 Å². The van der Waals surface area contributed by atoms with Gasteiger partial charge in [-0.05, 0) is 0 Å². The molecule has 1 heterocycles. The lowest BCUT2D eigenvalue weighted by molar-refractivity contribution is -0.130. The normalized spacial score (nSPS) is 11.1. The van der Waals surface area contributed by atoms with E-state index in [0.717, 1.165) is 18.6 Å². The third-order valence-electron chi connectivity index (χ3n) is 1.57. The van der Waals surface area contributed by atoms with Crippen molar-refractivity contribution in [3.8, 4) is 0 Å². The fourth-order valence-electron chi connectivity index (χ4n) is 0.836. The van der Waals surface area contributed by atoms with E-state index in [1.807, 2.05) is 0 Å². The molecule has 0 saturated carbocycles.